The standard InChI is InChI=1S/C16H20N2.C3H10N2/c1-3-7-15(8-4-1)13-17-11-12-18-14-16-9-5-2-6-10-16;1-5-3-2-4/h1-10,17-18H,11-14H2;5H,2-4H2,1H3/p+4. The number of hydrogen-bond donors (Lipinski definition) is 4. The van der Waals surface area contributed by atoms with Crippen LogP contribution in [0.2, 0.25) is 0 Å². The van der Waals surface area contributed by atoms with Gasteiger partial charge in [0, 0.05) is 11.1 Å². The first kappa shape index (κ1) is 19.3. The third-order valence-corrected chi connectivity index (χ3v) is 3.51. The van der Waals surface area contributed by atoms with Crippen molar-refractivity contribution in [2.45, 2.75) is 13.1 Å². The molecule has 0 aliphatic rings. The molecule has 0 amide bonds. The minimum absolute atomic E-state index is 1.04. The van der Waals surface area contributed by atoms with E-state index in [1.165, 1.54) is 24.2 Å². The maximum absolute atomic E-state index is 3.64. The number of rotatable bonds is 9. The first-order valence-electron chi connectivity index (χ1n) is 8.65. The predicted octanol–water partition coefficient (Wildman–Crippen LogP) is -2.06. The van der Waals surface area contributed by atoms with E-state index in [2.05, 4.69) is 82.3 Å². The van der Waals surface area contributed by atoms with Crippen molar-refractivity contribution in [3.63, 3.8) is 0 Å². The summed E-state index contributed by atoms with van der Waals surface area (Å²) in [5, 5.41) is 6.86. The van der Waals surface area contributed by atoms with Crippen molar-refractivity contribution in [1.82, 2.24) is 0 Å². The lowest BCUT2D eigenvalue weighted by atomic mass is 10.2. The van der Waals surface area contributed by atoms with Crippen molar-refractivity contribution in [1.29, 1.82) is 0 Å². The summed E-state index contributed by atoms with van der Waals surface area (Å²) >= 11 is 0. The van der Waals surface area contributed by atoms with Crippen LogP contribution in [-0.2, 0) is 13.1 Å². The Bertz CT molecular complexity index is 428. The molecule has 2 rings (SSSR count). The van der Waals surface area contributed by atoms with Crippen LogP contribution in [0.25, 0.3) is 0 Å². The Hall–Kier alpha value is -1.72. The summed E-state index contributed by atoms with van der Waals surface area (Å²) in [6, 6.07) is 21.3. The predicted molar refractivity (Wildman–Crippen MR) is 94.3 cm³/mol. The van der Waals surface area contributed by atoms with E-state index in [0.29, 0.717) is 0 Å². The topological polar surface area (TPSA) is 77.5 Å². The number of benzene rings is 2. The van der Waals surface area contributed by atoms with Gasteiger partial charge in [0.25, 0.3) is 0 Å². The molecule has 126 valence electrons. The van der Waals surface area contributed by atoms with Gasteiger partial charge in [0.2, 0.25) is 0 Å². The lowest BCUT2D eigenvalue weighted by Gasteiger charge is -2.02. The molecule has 2 aromatic rings. The molecule has 0 saturated heterocycles. The van der Waals surface area contributed by atoms with Crippen molar-refractivity contribution in [3.05, 3.63) is 71.8 Å². The second-order valence-corrected chi connectivity index (χ2v) is 5.58. The summed E-state index contributed by atoms with van der Waals surface area (Å²) in [5.41, 5.74) is 6.45. The number of hydrogen-bond acceptors (Lipinski definition) is 0. The fourth-order valence-corrected chi connectivity index (χ4v) is 2.21. The van der Waals surface area contributed by atoms with Gasteiger partial charge in [-0.05, 0) is 0 Å². The molecule has 0 aliphatic carbocycles. The van der Waals surface area contributed by atoms with E-state index < -0.39 is 0 Å². The van der Waals surface area contributed by atoms with E-state index >= 15 is 0 Å². The monoisotopic (exact) mass is 318 g/mol. The van der Waals surface area contributed by atoms with Crippen LogP contribution in [0.1, 0.15) is 11.1 Å². The van der Waals surface area contributed by atoms with Crippen molar-refractivity contribution < 1.29 is 21.7 Å². The van der Waals surface area contributed by atoms with E-state index in [1.807, 2.05) is 7.05 Å². The molecule has 0 fully saturated rings. The smallest absolute Gasteiger partial charge is 0.125 e. The number of likely N-dealkylation sites (N-methyl/N-ethyl adjacent to an activating group) is 1. The highest BCUT2D eigenvalue weighted by Gasteiger charge is 1.97. The summed E-state index contributed by atoms with van der Waals surface area (Å²) in [7, 11) is 2.05. The van der Waals surface area contributed by atoms with Crippen LogP contribution in [0.5, 0.6) is 0 Å². The highest BCUT2D eigenvalue weighted by Crippen LogP contribution is 1.94. The average molecular weight is 319 g/mol. The van der Waals surface area contributed by atoms with Crippen molar-refractivity contribution in [2.75, 3.05) is 33.2 Å². The van der Waals surface area contributed by atoms with E-state index in [-0.39, 0.29) is 0 Å². The highest BCUT2D eigenvalue weighted by atomic mass is 14.9. The molecule has 2 aromatic carbocycles. The Kier molecular flexibility index (Phi) is 11.7. The van der Waals surface area contributed by atoms with E-state index in [0.717, 1.165) is 26.2 Å². The Morgan fingerprint density at radius 2 is 1.13 bits per heavy atom. The van der Waals surface area contributed by atoms with Gasteiger partial charge in [0.1, 0.15) is 39.3 Å². The SMILES string of the molecule is C[NH2+]CC[NH3+].c1ccc(C[NH2+]CC[NH2+]Cc2ccccc2)cc1. The Balaban J connectivity index is 0.000000463. The average Bonchev–Trinajstić information content (AvgIpc) is 2.61. The van der Waals surface area contributed by atoms with Crippen LogP contribution in [0.4, 0.5) is 0 Å². The molecule has 0 aromatic heterocycles. The van der Waals surface area contributed by atoms with Crippen molar-refractivity contribution >= 4 is 0 Å². The summed E-state index contributed by atoms with van der Waals surface area (Å²) in [6.45, 7) is 6.69. The van der Waals surface area contributed by atoms with Crippen LogP contribution in [-0.4, -0.2) is 33.2 Å². The fourth-order valence-electron chi connectivity index (χ4n) is 2.21. The molecule has 4 heteroatoms. The molecular formula is C19H34N4+4. The zero-order chi connectivity index (χ0) is 16.6. The Labute approximate surface area is 140 Å². The zero-order valence-electron chi connectivity index (χ0n) is 14.5. The molecule has 0 radical (unpaired) electrons. The van der Waals surface area contributed by atoms with Gasteiger partial charge in [0.15, 0.2) is 0 Å². The second kappa shape index (κ2) is 13.9. The van der Waals surface area contributed by atoms with E-state index in [1.54, 1.807) is 0 Å². The van der Waals surface area contributed by atoms with Crippen LogP contribution in [0, 0.1) is 0 Å². The van der Waals surface area contributed by atoms with Gasteiger partial charge in [-0.1, -0.05) is 60.7 Å². The quantitative estimate of drug-likeness (QED) is 0.384. The highest BCUT2D eigenvalue weighted by molar-refractivity contribution is 5.13. The molecule has 4 nitrogen and oxygen atoms in total. The van der Waals surface area contributed by atoms with Gasteiger partial charge in [-0.25, -0.2) is 0 Å². The summed E-state index contributed by atoms with van der Waals surface area (Å²) in [4.78, 5) is 0. The first-order chi connectivity index (χ1) is 11.4. The molecular weight excluding hydrogens is 284 g/mol. The van der Waals surface area contributed by atoms with Crippen LogP contribution < -0.4 is 21.7 Å². The second-order valence-electron chi connectivity index (χ2n) is 5.58. The van der Waals surface area contributed by atoms with Gasteiger partial charge in [-0.2, -0.15) is 0 Å². The summed E-state index contributed by atoms with van der Waals surface area (Å²) in [5.74, 6) is 0. The van der Waals surface area contributed by atoms with Crippen LogP contribution >= 0.6 is 0 Å². The largest absolute Gasteiger partial charge is 0.353 e. The first-order valence-corrected chi connectivity index (χ1v) is 8.65. The van der Waals surface area contributed by atoms with Crippen molar-refractivity contribution in [2.24, 2.45) is 0 Å². The van der Waals surface area contributed by atoms with E-state index in [9.17, 15) is 0 Å². The molecule has 0 bridgehead atoms. The summed E-state index contributed by atoms with van der Waals surface area (Å²) in [6.07, 6.45) is 0. The zero-order valence-corrected chi connectivity index (χ0v) is 14.5. The maximum Gasteiger partial charge on any atom is 0.125 e. The molecule has 0 atom stereocenters. The molecule has 0 unspecified atom stereocenters. The van der Waals surface area contributed by atoms with Gasteiger partial charge in [-0.3, -0.25) is 0 Å². The van der Waals surface area contributed by atoms with Gasteiger partial charge < -0.3 is 21.7 Å². The number of quaternary nitrogens is 4. The molecule has 23 heavy (non-hydrogen) atoms. The molecule has 0 aliphatic heterocycles. The van der Waals surface area contributed by atoms with Gasteiger partial charge in [0.05, 0.1) is 7.05 Å². The molecule has 9 N–H and O–H groups in total. The van der Waals surface area contributed by atoms with Crippen LogP contribution in [0.3, 0.4) is 0 Å². The molecule has 0 spiro atoms. The normalized spacial score (nSPS) is 10.0. The van der Waals surface area contributed by atoms with Gasteiger partial charge >= 0.3 is 0 Å². The Morgan fingerprint density at radius 1 is 0.696 bits per heavy atom. The Morgan fingerprint density at radius 3 is 1.43 bits per heavy atom. The third-order valence-electron chi connectivity index (χ3n) is 3.51. The lowest BCUT2D eigenvalue weighted by molar-refractivity contribution is -0.738. The molecule has 0 saturated carbocycles. The molecule has 0 heterocycles. The number of nitrogens with two attached hydrogens (primary N) is 3. The fraction of sp³-hybridized carbons (Fsp3) is 0.368. The maximum atomic E-state index is 3.64. The van der Waals surface area contributed by atoms with Crippen LogP contribution in [0.15, 0.2) is 60.7 Å². The van der Waals surface area contributed by atoms with Gasteiger partial charge in [-0.15, -0.1) is 0 Å². The lowest BCUT2D eigenvalue weighted by Crippen LogP contribution is -2.93. The van der Waals surface area contributed by atoms with Crippen molar-refractivity contribution in [3.8, 4) is 0 Å². The third kappa shape index (κ3) is 10.6. The van der Waals surface area contributed by atoms with E-state index in [4.69, 9.17) is 0 Å². The summed E-state index contributed by atoms with van der Waals surface area (Å²) < 4.78 is 0. The minimum Gasteiger partial charge on any atom is -0.353 e. The minimum atomic E-state index is 1.04.